The van der Waals surface area contributed by atoms with Crippen molar-refractivity contribution < 1.29 is 8.42 Å². The molecule has 0 bridgehead atoms. The summed E-state index contributed by atoms with van der Waals surface area (Å²) in [5, 5.41) is 3.13. The summed E-state index contributed by atoms with van der Waals surface area (Å²) in [6.45, 7) is 9.07. The van der Waals surface area contributed by atoms with E-state index in [-0.39, 0.29) is 11.2 Å². The molecule has 0 heterocycles. The number of rotatable bonds is 6. The topological polar surface area (TPSA) is 46.2 Å². The second-order valence-corrected chi connectivity index (χ2v) is 7.62. The van der Waals surface area contributed by atoms with E-state index in [4.69, 9.17) is 0 Å². The van der Waals surface area contributed by atoms with Gasteiger partial charge in [0.2, 0.25) is 0 Å². The molecule has 92 valence electrons. The van der Waals surface area contributed by atoms with Crippen LogP contribution in [-0.4, -0.2) is 33.5 Å². The highest BCUT2D eigenvalue weighted by atomic mass is 32.2. The molecule has 0 spiro atoms. The van der Waals surface area contributed by atoms with Crippen LogP contribution in [0.3, 0.4) is 0 Å². The van der Waals surface area contributed by atoms with Crippen molar-refractivity contribution in [2.75, 3.05) is 25.1 Å². The van der Waals surface area contributed by atoms with Gasteiger partial charge in [-0.1, -0.05) is 27.7 Å². The first-order chi connectivity index (χ1) is 6.73. The van der Waals surface area contributed by atoms with Crippen molar-refractivity contribution in [2.24, 2.45) is 11.3 Å². The highest BCUT2D eigenvalue weighted by Gasteiger charge is 2.25. The monoisotopic (exact) mass is 235 g/mol. The summed E-state index contributed by atoms with van der Waals surface area (Å²) in [5.74, 6) is 0.972. The highest BCUT2D eigenvalue weighted by Crippen LogP contribution is 2.28. The van der Waals surface area contributed by atoms with Crippen molar-refractivity contribution in [3.8, 4) is 0 Å². The molecule has 15 heavy (non-hydrogen) atoms. The maximum Gasteiger partial charge on any atom is 0.150 e. The first kappa shape index (κ1) is 14.9. The molecule has 1 unspecified atom stereocenters. The average molecular weight is 235 g/mol. The molecule has 0 fully saturated rings. The van der Waals surface area contributed by atoms with Gasteiger partial charge in [0.15, 0.2) is 0 Å². The molecule has 0 aromatic rings. The smallest absolute Gasteiger partial charge is 0.150 e. The maximum atomic E-state index is 11.4. The highest BCUT2D eigenvalue weighted by molar-refractivity contribution is 7.91. The number of nitrogens with one attached hydrogen (secondary N) is 1. The van der Waals surface area contributed by atoms with Crippen LogP contribution in [0.5, 0.6) is 0 Å². The zero-order valence-electron chi connectivity index (χ0n) is 10.6. The molecule has 0 saturated heterocycles. The van der Waals surface area contributed by atoms with Crippen LogP contribution in [0.25, 0.3) is 0 Å². The van der Waals surface area contributed by atoms with Crippen LogP contribution in [0.2, 0.25) is 0 Å². The Labute approximate surface area is 94.6 Å². The summed E-state index contributed by atoms with van der Waals surface area (Å²) in [7, 11) is -0.911. The second-order valence-electron chi connectivity index (χ2n) is 5.15. The first-order valence-corrected chi connectivity index (χ1v) is 7.40. The Bertz CT molecular complexity index is 265. The molecule has 0 aliphatic rings. The minimum absolute atomic E-state index is 0.159. The molecule has 0 aromatic carbocycles. The van der Waals surface area contributed by atoms with Crippen LogP contribution in [0.1, 0.15) is 34.1 Å². The van der Waals surface area contributed by atoms with E-state index in [0.29, 0.717) is 11.7 Å². The normalized spacial score (nSPS) is 15.3. The fourth-order valence-corrected chi connectivity index (χ4v) is 2.49. The van der Waals surface area contributed by atoms with Gasteiger partial charge in [0.25, 0.3) is 0 Å². The Morgan fingerprint density at radius 3 is 2.13 bits per heavy atom. The van der Waals surface area contributed by atoms with E-state index in [9.17, 15) is 8.42 Å². The van der Waals surface area contributed by atoms with Gasteiger partial charge in [-0.05, 0) is 31.3 Å². The Hall–Kier alpha value is -0.0900. The van der Waals surface area contributed by atoms with Crippen molar-refractivity contribution in [2.45, 2.75) is 34.1 Å². The Morgan fingerprint density at radius 1 is 1.27 bits per heavy atom. The first-order valence-electron chi connectivity index (χ1n) is 5.58. The number of sulfone groups is 1. The van der Waals surface area contributed by atoms with E-state index >= 15 is 0 Å². The lowest BCUT2D eigenvalue weighted by atomic mass is 9.79. The molecular formula is C11H25NO2S. The molecule has 1 atom stereocenters. The van der Waals surface area contributed by atoms with Crippen LogP contribution in [-0.2, 0) is 9.84 Å². The predicted molar refractivity (Wildman–Crippen MR) is 65.8 cm³/mol. The van der Waals surface area contributed by atoms with E-state index in [1.807, 2.05) is 7.05 Å². The molecule has 4 heteroatoms. The van der Waals surface area contributed by atoms with Crippen molar-refractivity contribution in [1.29, 1.82) is 0 Å². The van der Waals surface area contributed by atoms with E-state index in [1.54, 1.807) is 6.92 Å². The zero-order chi connectivity index (χ0) is 12.1. The van der Waals surface area contributed by atoms with Gasteiger partial charge in [-0.25, -0.2) is 8.42 Å². The van der Waals surface area contributed by atoms with Gasteiger partial charge in [-0.15, -0.1) is 0 Å². The van der Waals surface area contributed by atoms with Crippen LogP contribution in [0.15, 0.2) is 0 Å². The molecule has 0 aromatic heterocycles. The van der Waals surface area contributed by atoms with Crippen LogP contribution >= 0.6 is 0 Å². The van der Waals surface area contributed by atoms with E-state index < -0.39 is 9.84 Å². The standard InChI is InChI=1S/C11H25NO2S/c1-6-15(13,14)8-7-10(9-12-5)11(2,3)4/h10,12H,6-9H2,1-5H3. The number of hydrogen-bond acceptors (Lipinski definition) is 3. The van der Waals surface area contributed by atoms with Gasteiger partial charge in [0, 0.05) is 5.75 Å². The lowest BCUT2D eigenvalue weighted by Gasteiger charge is -2.30. The summed E-state index contributed by atoms with van der Waals surface area (Å²) in [6, 6.07) is 0. The van der Waals surface area contributed by atoms with Crippen LogP contribution in [0, 0.1) is 11.3 Å². The summed E-state index contributed by atoms with van der Waals surface area (Å²) in [5.41, 5.74) is 0.159. The number of hydrogen-bond donors (Lipinski definition) is 1. The quantitative estimate of drug-likeness (QED) is 0.762. The maximum absolute atomic E-state index is 11.4. The fourth-order valence-electron chi connectivity index (χ4n) is 1.55. The SMILES string of the molecule is CCS(=O)(=O)CCC(CNC)C(C)(C)C. The van der Waals surface area contributed by atoms with Crippen molar-refractivity contribution in [1.82, 2.24) is 5.32 Å². The molecule has 0 aliphatic heterocycles. The molecule has 0 radical (unpaired) electrons. The average Bonchev–Trinajstić information content (AvgIpc) is 2.10. The minimum Gasteiger partial charge on any atom is -0.319 e. The Balaban J connectivity index is 4.32. The van der Waals surface area contributed by atoms with E-state index in [0.717, 1.165) is 13.0 Å². The fraction of sp³-hybridized carbons (Fsp3) is 1.00. The summed E-state index contributed by atoms with van der Waals surface area (Å²) in [6.07, 6.45) is 0.751. The molecule has 3 nitrogen and oxygen atoms in total. The molecular weight excluding hydrogens is 210 g/mol. The Kier molecular flexibility index (Phi) is 5.81. The van der Waals surface area contributed by atoms with Gasteiger partial charge in [-0.3, -0.25) is 0 Å². The third-order valence-electron chi connectivity index (χ3n) is 2.89. The summed E-state index contributed by atoms with van der Waals surface area (Å²) < 4.78 is 22.8. The van der Waals surface area contributed by atoms with Crippen molar-refractivity contribution in [3.05, 3.63) is 0 Å². The van der Waals surface area contributed by atoms with E-state index in [2.05, 4.69) is 26.1 Å². The van der Waals surface area contributed by atoms with Crippen molar-refractivity contribution >= 4 is 9.84 Å². The molecule has 1 N–H and O–H groups in total. The zero-order valence-corrected chi connectivity index (χ0v) is 11.4. The molecule has 0 saturated carbocycles. The lowest BCUT2D eigenvalue weighted by molar-refractivity contribution is 0.230. The largest absolute Gasteiger partial charge is 0.319 e. The molecule has 0 rings (SSSR count). The van der Waals surface area contributed by atoms with Gasteiger partial charge < -0.3 is 5.32 Å². The lowest BCUT2D eigenvalue weighted by Crippen LogP contribution is -2.32. The molecule has 0 amide bonds. The summed E-state index contributed by atoms with van der Waals surface area (Å²) in [4.78, 5) is 0. The van der Waals surface area contributed by atoms with Gasteiger partial charge >= 0.3 is 0 Å². The van der Waals surface area contributed by atoms with E-state index in [1.165, 1.54) is 0 Å². The summed E-state index contributed by atoms with van der Waals surface area (Å²) >= 11 is 0. The van der Waals surface area contributed by atoms with Crippen molar-refractivity contribution in [3.63, 3.8) is 0 Å². The van der Waals surface area contributed by atoms with Gasteiger partial charge in [0.05, 0.1) is 5.75 Å². The van der Waals surface area contributed by atoms with Crippen LogP contribution < -0.4 is 5.32 Å². The van der Waals surface area contributed by atoms with Crippen LogP contribution in [0.4, 0.5) is 0 Å². The minimum atomic E-state index is -2.82. The van der Waals surface area contributed by atoms with Gasteiger partial charge in [0.1, 0.15) is 9.84 Å². The molecule has 0 aliphatic carbocycles. The second kappa shape index (κ2) is 5.85. The third-order valence-corrected chi connectivity index (χ3v) is 4.63. The predicted octanol–water partition coefficient (Wildman–Crippen LogP) is 1.69. The van der Waals surface area contributed by atoms with Gasteiger partial charge in [-0.2, -0.15) is 0 Å². The Morgan fingerprint density at radius 2 is 1.80 bits per heavy atom. The third kappa shape index (κ3) is 6.15.